The minimum Gasteiger partial charge on any atom is -0.423 e. The van der Waals surface area contributed by atoms with Gasteiger partial charge in [0.1, 0.15) is 12.0 Å². The van der Waals surface area contributed by atoms with Crippen molar-refractivity contribution in [1.29, 1.82) is 0 Å². The topological polar surface area (TPSA) is 43.4 Å². The number of aryl methyl sites for hydroxylation is 2. The molecule has 0 heterocycles. The highest BCUT2D eigenvalue weighted by Gasteiger charge is 2.09. The van der Waals surface area contributed by atoms with Crippen LogP contribution in [0.4, 0.5) is 0 Å². The molecule has 0 saturated carbocycles. The molecule has 0 spiro atoms. The van der Waals surface area contributed by atoms with Crippen LogP contribution in [0.3, 0.4) is 0 Å². The lowest BCUT2D eigenvalue weighted by Crippen LogP contribution is -2.08. The molecule has 0 fully saturated rings. The molecule has 3 nitrogen and oxygen atoms in total. The lowest BCUT2D eigenvalue weighted by Gasteiger charge is -2.06. The van der Waals surface area contributed by atoms with Crippen LogP contribution in [0, 0.1) is 13.8 Å². The molecule has 3 heteroatoms. The molecule has 2 rings (SSSR count). The first kappa shape index (κ1) is 13.0. The van der Waals surface area contributed by atoms with E-state index in [2.05, 4.69) is 0 Å². The average Bonchev–Trinajstić information content (AvgIpc) is 2.41. The van der Waals surface area contributed by atoms with Gasteiger partial charge in [-0.1, -0.05) is 23.8 Å². The van der Waals surface area contributed by atoms with E-state index < -0.39 is 5.97 Å². The van der Waals surface area contributed by atoms with Crippen molar-refractivity contribution < 1.29 is 14.3 Å². The van der Waals surface area contributed by atoms with E-state index in [1.807, 2.05) is 26.0 Å². The maximum atomic E-state index is 11.9. The Labute approximate surface area is 111 Å². The van der Waals surface area contributed by atoms with Crippen LogP contribution in [-0.2, 0) is 0 Å². The second kappa shape index (κ2) is 5.48. The van der Waals surface area contributed by atoms with Gasteiger partial charge in [-0.05, 0) is 43.7 Å². The van der Waals surface area contributed by atoms with Crippen LogP contribution in [0.25, 0.3) is 0 Å². The van der Waals surface area contributed by atoms with Gasteiger partial charge in [-0.2, -0.15) is 0 Å². The van der Waals surface area contributed by atoms with Crippen LogP contribution in [-0.4, -0.2) is 12.3 Å². The molecule has 0 unspecified atom stereocenters. The van der Waals surface area contributed by atoms with Crippen LogP contribution in [0.1, 0.15) is 31.8 Å². The molecule has 0 radical (unpaired) electrons. The molecule has 0 aromatic heterocycles. The smallest absolute Gasteiger partial charge is 0.343 e. The fraction of sp³-hybridized carbons (Fsp3) is 0.125. The van der Waals surface area contributed by atoms with E-state index in [4.69, 9.17) is 4.74 Å². The minimum atomic E-state index is -0.430. The third kappa shape index (κ3) is 3.07. The van der Waals surface area contributed by atoms with Crippen molar-refractivity contribution >= 4 is 12.3 Å². The van der Waals surface area contributed by atoms with Gasteiger partial charge < -0.3 is 4.74 Å². The molecule has 0 atom stereocenters. The van der Waals surface area contributed by atoms with E-state index in [1.54, 1.807) is 30.3 Å². The van der Waals surface area contributed by atoms with E-state index in [9.17, 15) is 9.59 Å². The van der Waals surface area contributed by atoms with Crippen molar-refractivity contribution in [3.8, 4) is 5.75 Å². The van der Waals surface area contributed by atoms with E-state index in [-0.39, 0.29) is 0 Å². The number of benzene rings is 2. The summed E-state index contributed by atoms with van der Waals surface area (Å²) in [7, 11) is 0. The zero-order chi connectivity index (χ0) is 13.8. The van der Waals surface area contributed by atoms with Crippen LogP contribution in [0.5, 0.6) is 5.75 Å². The Morgan fingerprint density at radius 3 is 2.37 bits per heavy atom. The lowest BCUT2D eigenvalue weighted by atomic mass is 10.1. The molecule has 96 valence electrons. The number of hydrogen-bond acceptors (Lipinski definition) is 3. The third-order valence-electron chi connectivity index (χ3n) is 2.88. The zero-order valence-corrected chi connectivity index (χ0v) is 10.8. The van der Waals surface area contributed by atoms with Crippen molar-refractivity contribution in [2.75, 3.05) is 0 Å². The van der Waals surface area contributed by atoms with Crippen molar-refractivity contribution in [3.63, 3.8) is 0 Å². The Kier molecular flexibility index (Phi) is 3.76. The summed E-state index contributed by atoms with van der Waals surface area (Å²) in [6.07, 6.45) is 0.749. The number of hydrogen-bond donors (Lipinski definition) is 0. The van der Waals surface area contributed by atoms with Gasteiger partial charge in [0.15, 0.2) is 0 Å². The second-order valence-electron chi connectivity index (χ2n) is 4.39. The monoisotopic (exact) mass is 254 g/mol. The van der Waals surface area contributed by atoms with Crippen molar-refractivity contribution in [3.05, 3.63) is 64.7 Å². The minimum absolute atomic E-state index is 0.373. The normalized spacial score (nSPS) is 10.0. The average molecular weight is 254 g/mol. The largest absolute Gasteiger partial charge is 0.423 e. The number of esters is 1. The summed E-state index contributed by atoms with van der Waals surface area (Å²) in [6.45, 7) is 3.78. The number of carbonyl (C=O) groups excluding carboxylic acids is 2. The third-order valence-corrected chi connectivity index (χ3v) is 2.88. The maximum Gasteiger partial charge on any atom is 0.343 e. The molecule has 0 aliphatic rings. The number of carbonyl (C=O) groups is 2. The fourth-order valence-electron chi connectivity index (χ4n) is 1.66. The van der Waals surface area contributed by atoms with Crippen molar-refractivity contribution in [2.45, 2.75) is 13.8 Å². The van der Waals surface area contributed by atoms with Crippen molar-refractivity contribution in [2.24, 2.45) is 0 Å². The molecule has 0 aliphatic carbocycles. The predicted octanol–water partition coefficient (Wildman–Crippen LogP) is 3.34. The summed E-state index contributed by atoms with van der Waals surface area (Å²) in [5, 5.41) is 0. The predicted molar refractivity (Wildman–Crippen MR) is 72.7 cm³/mol. The number of rotatable bonds is 3. The summed E-state index contributed by atoms with van der Waals surface area (Å²) < 4.78 is 5.24. The second-order valence-corrected chi connectivity index (χ2v) is 4.39. The Morgan fingerprint density at radius 2 is 1.74 bits per heavy atom. The summed E-state index contributed by atoms with van der Waals surface area (Å²) in [5.41, 5.74) is 2.94. The molecule has 19 heavy (non-hydrogen) atoms. The Bertz CT molecular complexity index is 612. The van der Waals surface area contributed by atoms with E-state index >= 15 is 0 Å². The summed E-state index contributed by atoms with van der Waals surface area (Å²) in [6, 6.07) is 12.1. The number of ether oxygens (including phenoxy) is 1. The summed E-state index contributed by atoms with van der Waals surface area (Å²) in [5.74, 6) is -0.0565. The Balaban J connectivity index is 2.19. The summed E-state index contributed by atoms with van der Waals surface area (Å²) >= 11 is 0. The highest BCUT2D eigenvalue weighted by atomic mass is 16.5. The summed E-state index contributed by atoms with van der Waals surface area (Å²) in [4.78, 5) is 22.7. The van der Waals surface area contributed by atoms with Crippen LogP contribution in [0.15, 0.2) is 42.5 Å². The van der Waals surface area contributed by atoms with Crippen LogP contribution >= 0.6 is 0 Å². The quantitative estimate of drug-likeness (QED) is 0.479. The highest BCUT2D eigenvalue weighted by molar-refractivity contribution is 5.91. The standard InChI is InChI=1S/C16H14O3/c1-11-3-6-13(7-4-11)16(18)19-15-8-5-12(2)14(9-15)10-17/h3-10H,1-2H3. The van der Waals surface area contributed by atoms with Gasteiger partial charge in [-0.25, -0.2) is 4.79 Å². The van der Waals surface area contributed by atoms with Gasteiger partial charge in [0, 0.05) is 5.56 Å². The fourth-order valence-corrected chi connectivity index (χ4v) is 1.66. The van der Waals surface area contributed by atoms with Gasteiger partial charge in [0.25, 0.3) is 0 Å². The van der Waals surface area contributed by atoms with E-state index in [1.165, 1.54) is 0 Å². The molecule has 0 bridgehead atoms. The molecule has 2 aromatic carbocycles. The van der Waals surface area contributed by atoms with Gasteiger partial charge in [-0.3, -0.25) is 4.79 Å². The maximum absolute atomic E-state index is 11.9. The first-order valence-electron chi connectivity index (χ1n) is 5.95. The highest BCUT2D eigenvalue weighted by Crippen LogP contribution is 2.17. The van der Waals surface area contributed by atoms with E-state index in [0.29, 0.717) is 16.9 Å². The Morgan fingerprint density at radius 1 is 1.05 bits per heavy atom. The lowest BCUT2D eigenvalue weighted by molar-refractivity contribution is 0.0734. The van der Waals surface area contributed by atoms with Gasteiger partial charge >= 0.3 is 5.97 Å². The van der Waals surface area contributed by atoms with E-state index in [0.717, 1.165) is 17.4 Å². The molecule has 0 aliphatic heterocycles. The SMILES string of the molecule is Cc1ccc(C(=O)Oc2ccc(C)c(C=O)c2)cc1. The molecule has 0 saturated heterocycles. The molecule has 0 N–H and O–H groups in total. The first-order valence-corrected chi connectivity index (χ1v) is 5.95. The van der Waals surface area contributed by atoms with Gasteiger partial charge in [0.2, 0.25) is 0 Å². The van der Waals surface area contributed by atoms with Gasteiger partial charge in [0.05, 0.1) is 5.56 Å². The molecular formula is C16H14O3. The van der Waals surface area contributed by atoms with Crippen LogP contribution < -0.4 is 4.74 Å². The molecule has 0 amide bonds. The molecule has 2 aromatic rings. The first-order chi connectivity index (χ1) is 9.10. The van der Waals surface area contributed by atoms with Crippen LogP contribution in [0.2, 0.25) is 0 Å². The van der Waals surface area contributed by atoms with Crippen molar-refractivity contribution in [1.82, 2.24) is 0 Å². The van der Waals surface area contributed by atoms with Gasteiger partial charge in [-0.15, -0.1) is 0 Å². The zero-order valence-electron chi connectivity index (χ0n) is 10.8. The molecular weight excluding hydrogens is 240 g/mol. The number of aldehydes is 1. The Hall–Kier alpha value is -2.42.